The van der Waals surface area contributed by atoms with Crippen LogP contribution in [-0.2, 0) is 21.2 Å². The third-order valence-electron chi connectivity index (χ3n) is 6.75. The van der Waals surface area contributed by atoms with Crippen molar-refractivity contribution in [1.29, 1.82) is 0 Å². The number of aliphatic hydroxyl groups excluding tert-OH is 1. The number of anilines is 1. The molecule has 1 N–H and O–H groups in total. The van der Waals surface area contributed by atoms with Crippen molar-refractivity contribution >= 4 is 21.6 Å². The summed E-state index contributed by atoms with van der Waals surface area (Å²) in [4.78, 5) is 16.8. The van der Waals surface area contributed by atoms with Gasteiger partial charge in [0.25, 0.3) is 0 Å². The number of carbonyl (C=O) groups is 1. The highest BCUT2D eigenvalue weighted by atomic mass is 32.2. The van der Waals surface area contributed by atoms with E-state index in [4.69, 9.17) is 0 Å². The number of hydrogen-bond donors (Lipinski definition) is 1. The first-order valence-corrected chi connectivity index (χ1v) is 13.0. The number of nitrogens with zero attached hydrogens (tertiary/aromatic N) is 3. The van der Waals surface area contributed by atoms with Crippen LogP contribution in [0.1, 0.15) is 55.8 Å². The minimum Gasteiger partial charge on any atom is -0.387 e. The fourth-order valence-corrected chi connectivity index (χ4v) is 6.15. The van der Waals surface area contributed by atoms with Gasteiger partial charge >= 0.3 is 0 Å². The maximum Gasteiger partial charge on any atom is 0.237 e. The van der Waals surface area contributed by atoms with Gasteiger partial charge in [-0.3, -0.25) is 14.0 Å². The molecule has 166 valence electrons. The molecule has 1 atom stereocenters. The van der Waals surface area contributed by atoms with Gasteiger partial charge in [-0.25, -0.2) is 8.42 Å². The number of amides is 1. The molecule has 1 unspecified atom stereocenters. The molecule has 2 fully saturated rings. The standard InChI is InChI=1S/C22H33N3O4S/c1-30(28,29)25-11-5-6-17-14-18(9-10-20(17)25)21(26)15-23-12-13-24(22(27)16-23)19-7-3-2-4-8-19/h9-10,14,19,21,26H,2-8,11-13,15-16H2,1H3. The zero-order chi connectivity index (χ0) is 21.3. The summed E-state index contributed by atoms with van der Waals surface area (Å²) in [6, 6.07) is 5.95. The molecular formula is C22H33N3O4S. The number of benzene rings is 1. The van der Waals surface area contributed by atoms with Gasteiger partial charge in [-0.05, 0) is 42.9 Å². The van der Waals surface area contributed by atoms with E-state index in [0.717, 1.165) is 55.6 Å². The summed E-state index contributed by atoms with van der Waals surface area (Å²) in [6.45, 7) is 2.80. The summed E-state index contributed by atoms with van der Waals surface area (Å²) in [6.07, 6.45) is 8.06. The zero-order valence-electron chi connectivity index (χ0n) is 17.8. The van der Waals surface area contributed by atoms with Gasteiger partial charge in [0.05, 0.1) is 24.6 Å². The average molecular weight is 436 g/mol. The molecule has 1 amide bonds. The summed E-state index contributed by atoms with van der Waals surface area (Å²) >= 11 is 0. The van der Waals surface area contributed by atoms with E-state index in [9.17, 15) is 18.3 Å². The topological polar surface area (TPSA) is 81.2 Å². The molecule has 0 aromatic heterocycles. The van der Waals surface area contributed by atoms with Crippen molar-refractivity contribution in [2.45, 2.75) is 57.1 Å². The second-order valence-corrected chi connectivity index (χ2v) is 10.9. The second-order valence-electron chi connectivity index (χ2n) is 8.96. The van der Waals surface area contributed by atoms with Crippen LogP contribution in [0.3, 0.4) is 0 Å². The Bertz CT molecular complexity index is 882. The molecule has 1 aromatic carbocycles. The molecular weight excluding hydrogens is 402 g/mol. The van der Waals surface area contributed by atoms with Gasteiger partial charge in [0, 0.05) is 32.2 Å². The Morgan fingerprint density at radius 1 is 1.10 bits per heavy atom. The highest BCUT2D eigenvalue weighted by Gasteiger charge is 2.31. The van der Waals surface area contributed by atoms with E-state index in [1.807, 2.05) is 17.0 Å². The monoisotopic (exact) mass is 435 g/mol. The molecule has 30 heavy (non-hydrogen) atoms. The summed E-state index contributed by atoms with van der Waals surface area (Å²) in [7, 11) is -3.30. The lowest BCUT2D eigenvalue weighted by molar-refractivity contribution is -0.140. The van der Waals surface area contributed by atoms with Crippen LogP contribution < -0.4 is 4.31 Å². The van der Waals surface area contributed by atoms with E-state index in [1.54, 1.807) is 6.07 Å². The van der Waals surface area contributed by atoms with Crippen LogP contribution in [0.5, 0.6) is 0 Å². The first-order chi connectivity index (χ1) is 14.3. The Morgan fingerprint density at radius 3 is 2.57 bits per heavy atom. The van der Waals surface area contributed by atoms with E-state index < -0.39 is 16.1 Å². The molecule has 2 heterocycles. The van der Waals surface area contributed by atoms with Gasteiger partial charge in [0.15, 0.2) is 0 Å². The number of β-amino-alcohol motifs (C(OH)–C–C–N with tert-alkyl or cyclic N) is 1. The normalized spacial score (nSPS) is 22.8. The van der Waals surface area contributed by atoms with Crippen molar-refractivity contribution in [3.05, 3.63) is 29.3 Å². The predicted octanol–water partition coefficient (Wildman–Crippen LogP) is 1.91. The number of carbonyl (C=O) groups excluding carboxylic acids is 1. The number of rotatable bonds is 5. The van der Waals surface area contributed by atoms with Gasteiger partial charge in [0.1, 0.15) is 0 Å². The molecule has 1 saturated heterocycles. The van der Waals surface area contributed by atoms with Crippen LogP contribution in [-0.4, -0.2) is 74.3 Å². The first-order valence-electron chi connectivity index (χ1n) is 11.1. The fraction of sp³-hybridized carbons (Fsp3) is 0.682. The molecule has 0 radical (unpaired) electrons. The lowest BCUT2D eigenvalue weighted by Gasteiger charge is -2.41. The third kappa shape index (κ3) is 4.65. The Kier molecular flexibility index (Phi) is 6.36. The number of fused-ring (bicyclic) bond motifs is 1. The number of hydrogen-bond acceptors (Lipinski definition) is 5. The van der Waals surface area contributed by atoms with Gasteiger partial charge < -0.3 is 10.0 Å². The van der Waals surface area contributed by atoms with E-state index in [2.05, 4.69) is 4.90 Å². The molecule has 3 aliphatic rings. The zero-order valence-corrected chi connectivity index (χ0v) is 18.6. The van der Waals surface area contributed by atoms with E-state index in [0.29, 0.717) is 25.7 Å². The van der Waals surface area contributed by atoms with Crippen molar-refractivity contribution in [2.75, 3.05) is 43.3 Å². The summed E-state index contributed by atoms with van der Waals surface area (Å²) in [5.74, 6) is 0.176. The van der Waals surface area contributed by atoms with Gasteiger partial charge in [-0.2, -0.15) is 0 Å². The van der Waals surface area contributed by atoms with Crippen LogP contribution in [0.25, 0.3) is 0 Å². The van der Waals surface area contributed by atoms with Crippen molar-refractivity contribution in [1.82, 2.24) is 9.80 Å². The Balaban J connectivity index is 1.39. The van der Waals surface area contributed by atoms with E-state index in [1.165, 1.54) is 29.8 Å². The summed E-state index contributed by atoms with van der Waals surface area (Å²) in [5, 5.41) is 10.8. The molecule has 0 bridgehead atoms. The molecule has 0 spiro atoms. The fourth-order valence-electron chi connectivity index (χ4n) is 5.15. The minimum atomic E-state index is -3.30. The maximum atomic E-state index is 12.7. The third-order valence-corrected chi connectivity index (χ3v) is 7.93. The Hall–Kier alpha value is -1.64. The smallest absolute Gasteiger partial charge is 0.237 e. The summed E-state index contributed by atoms with van der Waals surface area (Å²) in [5.41, 5.74) is 2.46. The highest BCUT2D eigenvalue weighted by Crippen LogP contribution is 2.32. The molecule has 7 nitrogen and oxygen atoms in total. The van der Waals surface area contributed by atoms with Crippen LogP contribution >= 0.6 is 0 Å². The largest absolute Gasteiger partial charge is 0.387 e. The van der Waals surface area contributed by atoms with E-state index in [-0.39, 0.29) is 5.91 Å². The summed E-state index contributed by atoms with van der Waals surface area (Å²) < 4.78 is 25.5. The molecule has 1 aliphatic carbocycles. The second kappa shape index (κ2) is 8.85. The first kappa shape index (κ1) is 21.6. The van der Waals surface area contributed by atoms with Crippen molar-refractivity contribution in [2.24, 2.45) is 0 Å². The highest BCUT2D eigenvalue weighted by molar-refractivity contribution is 7.92. The quantitative estimate of drug-likeness (QED) is 0.764. The Morgan fingerprint density at radius 2 is 1.87 bits per heavy atom. The molecule has 1 saturated carbocycles. The molecule has 1 aromatic rings. The minimum absolute atomic E-state index is 0.176. The van der Waals surface area contributed by atoms with Crippen molar-refractivity contribution < 1.29 is 18.3 Å². The SMILES string of the molecule is CS(=O)(=O)N1CCCc2cc(C(O)CN3CCN(C4CCCCC4)C(=O)C3)ccc21. The molecule has 2 aliphatic heterocycles. The van der Waals surface area contributed by atoms with Gasteiger partial charge in [-0.1, -0.05) is 31.4 Å². The number of piperazine rings is 1. The van der Waals surface area contributed by atoms with Crippen LogP contribution in [0.4, 0.5) is 5.69 Å². The molecule has 8 heteroatoms. The van der Waals surface area contributed by atoms with Crippen molar-refractivity contribution in [3.8, 4) is 0 Å². The van der Waals surface area contributed by atoms with E-state index >= 15 is 0 Å². The Labute approximate surface area is 179 Å². The van der Waals surface area contributed by atoms with Gasteiger partial charge in [0.2, 0.25) is 15.9 Å². The predicted molar refractivity (Wildman–Crippen MR) is 117 cm³/mol. The van der Waals surface area contributed by atoms with Crippen LogP contribution in [0, 0.1) is 0 Å². The maximum absolute atomic E-state index is 12.7. The van der Waals surface area contributed by atoms with Crippen LogP contribution in [0.15, 0.2) is 18.2 Å². The lowest BCUT2D eigenvalue weighted by Crippen LogP contribution is -2.54. The van der Waals surface area contributed by atoms with Gasteiger partial charge in [-0.15, -0.1) is 0 Å². The average Bonchev–Trinajstić information content (AvgIpc) is 2.73. The number of aliphatic hydroxyl groups is 1. The molecule has 4 rings (SSSR count). The lowest BCUT2D eigenvalue weighted by atomic mass is 9.93. The van der Waals surface area contributed by atoms with Crippen molar-refractivity contribution in [3.63, 3.8) is 0 Å². The van der Waals surface area contributed by atoms with Crippen LogP contribution in [0.2, 0.25) is 0 Å². The number of aryl methyl sites for hydroxylation is 1. The number of sulfonamides is 1.